The lowest BCUT2D eigenvalue weighted by Gasteiger charge is -2.15. The highest BCUT2D eigenvalue weighted by atomic mass is 16.5. The Morgan fingerprint density at radius 3 is 2.28 bits per heavy atom. The Morgan fingerprint density at radius 1 is 1.28 bits per heavy atom. The highest BCUT2D eigenvalue weighted by Gasteiger charge is 2.23. The van der Waals surface area contributed by atoms with Crippen molar-refractivity contribution in [3.8, 4) is 17.2 Å². The number of rotatable bonds is 5. The van der Waals surface area contributed by atoms with E-state index in [4.69, 9.17) is 24.8 Å². The highest BCUT2D eigenvalue weighted by molar-refractivity contribution is 5.97. The maximum Gasteiger partial charge on any atom is 0.336 e. The molecule has 0 aromatic heterocycles. The fraction of sp³-hybridized carbons (Fsp3) is 0.300. The van der Waals surface area contributed by atoms with E-state index in [9.17, 15) is 4.79 Å². The van der Waals surface area contributed by atoms with E-state index in [1.165, 1.54) is 27.4 Å². The van der Waals surface area contributed by atoms with Crippen LogP contribution in [0, 0.1) is 0 Å². The van der Waals surface area contributed by atoms with Crippen LogP contribution in [0.15, 0.2) is 11.2 Å². The third-order valence-electron chi connectivity index (χ3n) is 2.18. The second-order valence-corrected chi connectivity index (χ2v) is 3.04. The molecule has 0 radical (unpaired) electrons. The number of methoxy groups -OCH3 is 3. The largest absolute Gasteiger partial charge is 0.493 e. The molecule has 0 saturated carbocycles. The van der Waals surface area contributed by atoms with E-state index in [0.29, 0.717) is 0 Å². The number of aromatic carboxylic acids is 1. The van der Waals surface area contributed by atoms with Gasteiger partial charge >= 0.3 is 5.97 Å². The lowest BCUT2D eigenvalue weighted by molar-refractivity contribution is 0.0697. The highest BCUT2D eigenvalue weighted by Crippen LogP contribution is 2.46. The van der Waals surface area contributed by atoms with Gasteiger partial charge in [0.1, 0.15) is 0 Å². The van der Waals surface area contributed by atoms with Gasteiger partial charge in [-0.05, 0) is 11.6 Å². The van der Waals surface area contributed by atoms with Gasteiger partial charge in [0, 0.05) is 4.91 Å². The van der Waals surface area contributed by atoms with Crippen LogP contribution in [-0.2, 0) is 0 Å². The molecule has 0 bridgehead atoms. The Bertz CT molecular complexity index is 523. The number of nitrogens with zero attached hydrogens (tertiary/aromatic N) is 3. The monoisotopic (exact) mass is 253 g/mol. The lowest BCUT2D eigenvalue weighted by atomic mass is 10.1. The molecule has 0 atom stereocenters. The topological polar surface area (TPSA) is 114 Å². The van der Waals surface area contributed by atoms with Gasteiger partial charge in [-0.1, -0.05) is 5.11 Å². The molecule has 1 N–H and O–H groups in total. The third-order valence-corrected chi connectivity index (χ3v) is 2.18. The van der Waals surface area contributed by atoms with Gasteiger partial charge in [0.25, 0.3) is 0 Å². The van der Waals surface area contributed by atoms with Crippen LogP contribution in [-0.4, -0.2) is 32.4 Å². The average molecular weight is 253 g/mol. The van der Waals surface area contributed by atoms with Crippen LogP contribution in [0.3, 0.4) is 0 Å². The standard InChI is InChI=1S/C10H11N3O5/c1-16-6-4-5(10(14)15)7(12-13-11)9(18-3)8(6)17-2/h4H,1-3H3,(H,14,15). The quantitative estimate of drug-likeness (QED) is 0.491. The van der Waals surface area contributed by atoms with Crippen molar-refractivity contribution in [2.24, 2.45) is 5.11 Å². The number of carboxylic acids is 1. The van der Waals surface area contributed by atoms with Crippen LogP contribution in [0.1, 0.15) is 10.4 Å². The van der Waals surface area contributed by atoms with Gasteiger partial charge in [-0.25, -0.2) is 4.79 Å². The third kappa shape index (κ3) is 2.23. The summed E-state index contributed by atoms with van der Waals surface area (Å²) in [5.41, 5.74) is 8.08. The summed E-state index contributed by atoms with van der Waals surface area (Å²) in [6.45, 7) is 0. The fourth-order valence-corrected chi connectivity index (χ4v) is 1.45. The fourth-order valence-electron chi connectivity index (χ4n) is 1.45. The van der Waals surface area contributed by atoms with Crippen molar-refractivity contribution >= 4 is 11.7 Å². The minimum Gasteiger partial charge on any atom is -0.493 e. The molecule has 18 heavy (non-hydrogen) atoms. The number of hydrogen-bond acceptors (Lipinski definition) is 5. The van der Waals surface area contributed by atoms with Crippen LogP contribution in [0.5, 0.6) is 17.2 Å². The van der Waals surface area contributed by atoms with Gasteiger partial charge in [-0.2, -0.15) is 0 Å². The summed E-state index contributed by atoms with van der Waals surface area (Å²) in [4.78, 5) is 13.7. The molecule has 8 heteroatoms. The normalized spacial score (nSPS) is 9.28. The number of ether oxygens (including phenoxy) is 3. The van der Waals surface area contributed by atoms with Gasteiger partial charge in [0.05, 0.1) is 32.6 Å². The van der Waals surface area contributed by atoms with Crippen molar-refractivity contribution in [1.82, 2.24) is 0 Å². The van der Waals surface area contributed by atoms with Gasteiger partial charge in [0.2, 0.25) is 5.75 Å². The van der Waals surface area contributed by atoms with Gasteiger partial charge in [-0.15, -0.1) is 0 Å². The molecular formula is C10H11N3O5. The molecular weight excluding hydrogens is 242 g/mol. The summed E-state index contributed by atoms with van der Waals surface area (Å²) in [6.07, 6.45) is 0. The van der Waals surface area contributed by atoms with Gasteiger partial charge in [0.15, 0.2) is 11.5 Å². The molecule has 0 saturated heterocycles. The Hall–Kier alpha value is -2.60. The zero-order chi connectivity index (χ0) is 13.7. The number of benzene rings is 1. The van der Waals surface area contributed by atoms with Crippen LogP contribution >= 0.6 is 0 Å². The SMILES string of the molecule is COc1cc(C(=O)O)c(N=[N+]=[N-])c(OC)c1OC. The van der Waals surface area contributed by atoms with E-state index in [2.05, 4.69) is 10.0 Å². The van der Waals surface area contributed by atoms with Gasteiger partial charge in [-0.3, -0.25) is 0 Å². The zero-order valence-corrected chi connectivity index (χ0v) is 10.00. The molecule has 0 aliphatic heterocycles. The molecule has 0 heterocycles. The summed E-state index contributed by atoms with van der Waals surface area (Å²) in [6, 6.07) is 1.20. The van der Waals surface area contributed by atoms with Crippen LogP contribution in [0.4, 0.5) is 5.69 Å². The first-order valence-corrected chi connectivity index (χ1v) is 4.72. The lowest BCUT2D eigenvalue weighted by Crippen LogP contribution is -2.02. The smallest absolute Gasteiger partial charge is 0.336 e. The maximum absolute atomic E-state index is 11.1. The minimum atomic E-state index is -1.27. The molecule has 8 nitrogen and oxygen atoms in total. The van der Waals surface area contributed by atoms with E-state index in [-0.39, 0.29) is 28.5 Å². The predicted octanol–water partition coefficient (Wildman–Crippen LogP) is 2.35. The Balaban J connectivity index is 3.73. The summed E-state index contributed by atoms with van der Waals surface area (Å²) >= 11 is 0. The molecule has 0 unspecified atom stereocenters. The Kier molecular flexibility index (Phi) is 4.22. The first-order valence-electron chi connectivity index (χ1n) is 4.72. The Labute approximate surface area is 102 Å². The molecule has 1 rings (SSSR count). The average Bonchev–Trinajstić information content (AvgIpc) is 2.37. The number of carbonyl (C=O) groups is 1. The maximum atomic E-state index is 11.1. The number of hydrogen-bond donors (Lipinski definition) is 1. The van der Waals surface area contributed by atoms with Crippen molar-refractivity contribution < 1.29 is 24.1 Å². The molecule has 0 aliphatic rings. The van der Waals surface area contributed by atoms with E-state index < -0.39 is 5.97 Å². The second-order valence-electron chi connectivity index (χ2n) is 3.04. The van der Waals surface area contributed by atoms with Gasteiger partial charge < -0.3 is 19.3 Å². The Morgan fingerprint density at radius 2 is 1.89 bits per heavy atom. The van der Waals surface area contributed by atoms with E-state index in [1.807, 2.05) is 0 Å². The molecule has 0 fully saturated rings. The second kappa shape index (κ2) is 5.65. The van der Waals surface area contributed by atoms with Crippen molar-refractivity contribution in [1.29, 1.82) is 0 Å². The molecule has 1 aromatic carbocycles. The molecule has 0 aliphatic carbocycles. The minimum absolute atomic E-state index is 0.00653. The first-order chi connectivity index (χ1) is 8.60. The van der Waals surface area contributed by atoms with Crippen molar-refractivity contribution in [3.05, 3.63) is 22.1 Å². The van der Waals surface area contributed by atoms with Crippen LogP contribution in [0.25, 0.3) is 10.4 Å². The molecule has 1 aromatic rings. The zero-order valence-electron chi connectivity index (χ0n) is 10.00. The van der Waals surface area contributed by atoms with Crippen LogP contribution < -0.4 is 14.2 Å². The van der Waals surface area contributed by atoms with Crippen LogP contribution in [0.2, 0.25) is 0 Å². The summed E-state index contributed by atoms with van der Waals surface area (Å²) < 4.78 is 15.1. The van der Waals surface area contributed by atoms with Crippen molar-refractivity contribution in [2.75, 3.05) is 21.3 Å². The number of azide groups is 1. The van der Waals surface area contributed by atoms with E-state index >= 15 is 0 Å². The van der Waals surface area contributed by atoms with E-state index in [0.717, 1.165) is 0 Å². The molecule has 96 valence electrons. The van der Waals surface area contributed by atoms with Crippen molar-refractivity contribution in [3.63, 3.8) is 0 Å². The molecule has 0 amide bonds. The summed E-state index contributed by atoms with van der Waals surface area (Å²) in [5, 5.41) is 12.4. The summed E-state index contributed by atoms with van der Waals surface area (Å²) in [5.74, 6) is -0.931. The number of carboxylic acid groups (broad SMARTS) is 1. The first kappa shape index (κ1) is 13.5. The molecule has 0 spiro atoms. The predicted molar refractivity (Wildman–Crippen MR) is 61.9 cm³/mol. The summed E-state index contributed by atoms with van der Waals surface area (Å²) in [7, 11) is 4.02. The van der Waals surface area contributed by atoms with Crippen molar-refractivity contribution in [2.45, 2.75) is 0 Å². The van der Waals surface area contributed by atoms with E-state index in [1.54, 1.807) is 0 Å².